The van der Waals surface area contributed by atoms with Crippen LogP contribution in [-0.4, -0.2) is 13.7 Å². The van der Waals surface area contributed by atoms with Gasteiger partial charge in [-0.3, -0.25) is 0 Å². The fraction of sp³-hybridized carbons (Fsp3) is 0.294. The van der Waals surface area contributed by atoms with Crippen molar-refractivity contribution in [3.63, 3.8) is 0 Å². The first-order valence-electron chi connectivity index (χ1n) is 7.10. The van der Waals surface area contributed by atoms with Gasteiger partial charge >= 0.3 is 0 Å². The van der Waals surface area contributed by atoms with Crippen molar-refractivity contribution in [1.82, 2.24) is 0 Å². The zero-order chi connectivity index (χ0) is 15.1. The van der Waals surface area contributed by atoms with Crippen LogP contribution >= 0.6 is 0 Å². The van der Waals surface area contributed by atoms with Gasteiger partial charge in [0.25, 0.3) is 0 Å². The normalized spacial score (nSPS) is 10.4. The first-order valence-corrected chi connectivity index (χ1v) is 7.10. The minimum absolute atomic E-state index is 0.567. The predicted octanol–water partition coefficient (Wildman–Crippen LogP) is 3.95. The maximum Gasteiger partial charge on any atom is 0.144 e. The lowest BCUT2D eigenvalue weighted by Gasteiger charge is -2.14. The Morgan fingerprint density at radius 1 is 1.14 bits per heavy atom. The molecule has 0 heterocycles. The molecule has 0 unspecified atom stereocenters. The molecule has 4 nitrogen and oxygen atoms in total. The topological polar surface area (TPSA) is 56.5 Å². The Morgan fingerprint density at radius 3 is 2.71 bits per heavy atom. The molecule has 2 aromatic rings. The van der Waals surface area contributed by atoms with Crippen molar-refractivity contribution in [2.24, 2.45) is 0 Å². The zero-order valence-corrected chi connectivity index (χ0v) is 12.6. The fourth-order valence-electron chi connectivity index (χ4n) is 2.03. The van der Waals surface area contributed by atoms with E-state index in [2.05, 4.69) is 12.2 Å². The second kappa shape index (κ2) is 7.55. The Kier molecular flexibility index (Phi) is 5.46. The number of para-hydroxylation sites is 1. The minimum atomic E-state index is 0.567. The standard InChI is InChI=1S/C17H22N2O2/c1-3-10-21-17-11-14(8-9-15(17)18)19-16-7-5-4-6-13(16)12-20-2/h4-9,11,19H,3,10,12,18H2,1-2H3. The number of nitrogens with one attached hydrogen (secondary N) is 1. The van der Waals surface area contributed by atoms with E-state index in [0.29, 0.717) is 24.7 Å². The summed E-state index contributed by atoms with van der Waals surface area (Å²) in [5, 5.41) is 3.39. The van der Waals surface area contributed by atoms with E-state index < -0.39 is 0 Å². The highest BCUT2D eigenvalue weighted by atomic mass is 16.5. The van der Waals surface area contributed by atoms with Crippen LogP contribution < -0.4 is 15.8 Å². The van der Waals surface area contributed by atoms with Crippen molar-refractivity contribution >= 4 is 17.1 Å². The molecule has 0 aromatic heterocycles. The van der Waals surface area contributed by atoms with Gasteiger partial charge in [-0.1, -0.05) is 25.1 Å². The number of benzene rings is 2. The van der Waals surface area contributed by atoms with Crippen molar-refractivity contribution in [3.05, 3.63) is 48.0 Å². The number of rotatable bonds is 7. The maximum absolute atomic E-state index is 5.93. The molecule has 0 aliphatic rings. The molecule has 4 heteroatoms. The summed E-state index contributed by atoms with van der Waals surface area (Å²) in [6.07, 6.45) is 0.952. The highest BCUT2D eigenvalue weighted by molar-refractivity contribution is 5.68. The number of methoxy groups -OCH3 is 1. The van der Waals surface area contributed by atoms with Crippen LogP contribution in [0.1, 0.15) is 18.9 Å². The van der Waals surface area contributed by atoms with E-state index in [1.807, 2.05) is 42.5 Å². The predicted molar refractivity (Wildman–Crippen MR) is 87.1 cm³/mol. The largest absolute Gasteiger partial charge is 0.491 e. The quantitative estimate of drug-likeness (QED) is 0.757. The van der Waals surface area contributed by atoms with Crippen LogP contribution in [0.25, 0.3) is 0 Å². The second-order valence-corrected chi connectivity index (χ2v) is 4.82. The molecule has 0 radical (unpaired) electrons. The molecular weight excluding hydrogens is 264 g/mol. The number of nitrogens with two attached hydrogens (primary N) is 1. The first-order chi connectivity index (χ1) is 10.2. The Morgan fingerprint density at radius 2 is 1.95 bits per heavy atom. The van der Waals surface area contributed by atoms with Crippen LogP contribution in [-0.2, 0) is 11.3 Å². The smallest absolute Gasteiger partial charge is 0.144 e. The highest BCUT2D eigenvalue weighted by Crippen LogP contribution is 2.29. The van der Waals surface area contributed by atoms with Gasteiger partial charge in [0.1, 0.15) is 5.75 Å². The third-order valence-corrected chi connectivity index (χ3v) is 3.07. The summed E-state index contributed by atoms with van der Waals surface area (Å²) in [7, 11) is 1.69. The van der Waals surface area contributed by atoms with Crippen molar-refractivity contribution in [3.8, 4) is 5.75 Å². The van der Waals surface area contributed by atoms with E-state index >= 15 is 0 Å². The van der Waals surface area contributed by atoms with E-state index in [1.54, 1.807) is 7.11 Å². The van der Waals surface area contributed by atoms with Crippen molar-refractivity contribution in [2.75, 3.05) is 24.8 Å². The fourth-order valence-corrected chi connectivity index (χ4v) is 2.03. The van der Waals surface area contributed by atoms with Crippen LogP contribution in [0.2, 0.25) is 0 Å². The van der Waals surface area contributed by atoms with E-state index in [1.165, 1.54) is 0 Å². The van der Waals surface area contributed by atoms with E-state index in [-0.39, 0.29) is 0 Å². The number of anilines is 3. The number of hydrogen-bond acceptors (Lipinski definition) is 4. The Bertz CT molecular complexity index is 585. The molecule has 2 rings (SSSR count). The first kappa shape index (κ1) is 15.2. The molecule has 0 bridgehead atoms. The summed E-state index contributed by atoms with van der Waals surface area (Å²) in [5.41, 5.74) is 9.65. The molecule has 2 aromatic carbocycles. The molecule has 0 atom stereocenters. The van der Waals surface area contributed by atoms with Gasteiger partial charge in [0.15, 0.2) is 0 Å². The summed E-state index contributed by atoms with van der Waals surface area (Å²) in [6, 6.07) is 13.8. The molecule has 3 N–H and O–H groups in total. The van der Waals surface area contributed by atoms with Crippen LogP contribution in [0.4, 0.5) is 17.1 Å². The summed E-state index contributed by atoms with van der Waals surface area (Å²) in [6.45, 7) is 3.30. The van der Waals surface area contributed by atoms with Gasteiger partial charge in [-0.05, 0) is 24.6 Å². The molecular formula is C17H22N2O2. The number of nitrogen functional groups attached to an aromatic ring is 1. The van der Waals surface area contributed by atoms with Crippen molar-refractivity contribution in [1.29, 1.82) is 0 Å². The van der Waals surface area contributed by atoms with Crippen LogP contribution in [0, 0.1) is 0 Å². The molecule has 0 aliphatic heterocycles. The third-order valence-electron chi connectivity index (χ3n) is 3.07. The average molecular weight is 286 g/mol. The molecule has 112 valence electrons. The van der Waals surface area contributed by atoms with Gasteiger partial charge in [-0.25, -0.2) is 0 Å². The Hall–Kier alpha value is -2.20. The molecule has 0 spiro atoms. The van der Waals surface area contributed by atoms with E-state index in [4.69, 9.17) is 15.2 Å². The third kappa shape index (κ3) is 4.13. The summed E-state index contributed by atoms with van der Waals surface area (Å²) >= 11 is 0. The summed E-state index contributed by atoms with van der Waals surface area (Å²) in [4.78, 5) is 0. The van der Waals surface area contributed by atoms with Gasteiger partial charge in [0.05, 0.1) is 18.9 Å². The molecule has 0 saturated carbocycles. The van der Waals surface area contributed by atoms with Gasteiger partial charge in [-0.15, -0.1) is 0 Å². The van der Waals surface area contributed by atoms with E-state index in [9.17, 15) is 0 Å². The van der Waals surface area contributed by atoms with Crippen molar-refractivity contribution in [2.45, 2.75) is 20.0 Å². The SMILES string of the molecule is CCCOc1cc(Nc2ccccc2COC)ccc1N. The average Bonchev–Trinajstić information content (AvgIpc) is 2.50. The van der Waals surface area contributed by atoms with Gasteiger partial charge in [0, 0.05) is 30.1 Å². The number of ether oxygens (including phenoxy) is 2. The Labute approximate surface area is 125 Å². The molecule has 0 aliphatic carbocycles. The zero-order valence-electron chi connectivity index (χ0n) is 12.6. The van der Waals surface area contributed by atoms with Crippen LogP contribution in [0.3, 0.4) is 0 Å². The van der Waals surface area contributed by atoms with Gasteiger partial charge in [-0.2, -0.15) is 0 Å². The molecule has 0 fully saturated rings. The molecule has 21 heavy (non-hydrogen) atoms. The van der Waals surface area contributed by atoms with Gasteiger partial charge < -0.3 is 20.5 Å². The Balaban J connectivity index is 2.19. The van der Waals surface area contributed by atoms with Crippen LogP contribution in [0.15, 0.2) is 42.5 Å². The van der Waals surface area contributed by atoms with Gasteiger partial charge in [0.2, 0.25) is 0 Å². The number of hydrogen-bond donors (Lipinski definition) is 2. The van der Waals surface area contributed by atoms with Crippen molar-refractivity contribution < 1.29 is 9.47 Å². The van der Waals surface area contributed by atoms with Crippen LogP contribution in [0.5, 0.6) is 5.75 Å². The lowest BCUT2D eigenvalue weighted by molar-refractivity contribution is 0.185. The lowest BCUT2D eigenvalue weighted by atomic mass is 10.1. The highest BCUT2D eigenvalue weighted by Gasteiger charge is 2.05. The van der Waals surface area contributed by atoms with E-state index in [0.717, 1.165) is 23.4 Å². The molecule has 0 amide bonds. The molecule has 0 saturated heterocycles. The summed E-state index contributed by atoms with van der Waals surface area (Å²) in [5.74, 6) is 0.714. The minimum Gasteiger partial charge on any atom is -0.491 e. The second-order valence-electron chi connectivity index (χ2n) is 4.82. The lowest BCUT2D eigenvalue weighted by Crippen LogP contribution is -2.01. The summed E-state index contributed by atoms with van der Waals surface area (Å²) < 4.78 is 10.9. The maximum atomic E-state index is 5.93. The monoisotopic (exact) mass is 286 g/mol.